The third kappa shape index (κ3) is 5.14. The molecule has 1 aliphatic rings. The van der Waals surface area contributed by atoms with Gasteiger partial charge >= 0.3 is 0 Å². The van der Waals surface area contributed by atoms with Gasteiger partial charge in [-0.1, -0.05) is 170 Å². The van der Waals surface area contributed by atoms with Gasteiger partial charge in [0, 0.05) is 38.3 Å². The van der Waals surface area contributed by atoms with Crippen LogP contribution < -0.4 is 0 Å². The Balaban J connectivity index is 0.856. The van der Waals surface area contributed by atoms with Gasteiger partial charge in [-0.3, -0.25) is 0 Å². The van der Waals surface area contributed by atoms with E-state index in [-0.39, 0.29) is 0 Å². The largest absolute Gasteiger partial charge is 0.309 e. The maximum Gasteiger partial charge on any atom is 0.0619 e. The second kappa shape index (κ2) is 13.5. The minimum Gasteiger partial charge on any atom is -0.309 e. The molecule has 2 nitrogen and oxygen atoms in total. The van der Waals surface area contributed by atoms with Gasteiger partial charge in [-0.05, 0) is 132 Å². The highest BCUT2D eigenvalue weighted by Gasteiger charge is 2.22. The predicted octanol–water partition coefficient (Wildman–Crippen LogP) is 16.8. The third-order valence-electron chi connectivity index (χ3n) is 13.8. The van der Waals surface area contributed by atoms with Gasteiger partial charge in [0.15, 0.2) is 0 Å². The molecule has 0 atom stereocenters. The van der Waals surface area contributed by atoms with E-state index in [2.05, 4.69) is 240 Å². The lowest BCUT2D eigenvalue weighted by atomic mass is 9.95. The lowest BCUT2D eigenvalue weighted by molar-refractivity contribution is 1.18. The molecule has 0 saturated heterocycles. The van der Waals surface area contributed by atoms with Crippen LogP contribution >= 0.6 is 0 Å². The maximum atomic E-state index is 2.43. The van der Waals surface area contributed by atoms with Gasteiger partial charge in [0.2, 0.25) is 0 Å². The van der Waals surface area contributed by atoms with Crippen LogP contribution in [0.1, 0.15) is 0 Å². The topological polar surface area (TPSA) is 9.86 Å². The Labute approximate surface area is 370 Å². The fraction of sp³-hybridized carbons (Fsp3) is 0. The summed E-state index contributed by atoms with van der Waals surface area (Å²) in [6, 6.07) is 85.2. The number of para-hydroxylation sites is 2. The maximum absolute atomic E-state index is 2.43. The summed E-state index contributed by atoms with van der Waals surface area (Å²) in [5.74, 6) is 0. The highest BCUT2D eigenvalue weighted by atomic mass is 15.0. The highest BCUT2D eigenvalue weighted by Crippen LogP contribution is 2.48. The molecule has 13 aromatic rings. The monoisotopic (exact) mass is 810 g/mol. The summed E-state index contributed by atoms with van der Waals surface area (Å²) in [6.45, 7) is 0. The number of fused-ring (bicyclic) bond motifs is 11. The zero-order chi connectivity index (χ0) is 41.9. The fourth-order valence-corrected chi connectivity index (χ4v) is 10.9. The van der Waals surface area contributed by atoms with Gasteiger partial charge in [0.1, 0.15) is 0 Å². The molecule has 0 fully saturated rings. The average Bonchev–Trinajstić information content (AvgIpc) is 4.00. The third-order valence-corrected chi connectivity index (χ3v) is 13.8. The number of benzene rings is 11. The smallest absolute Gasteiger partial charge is 0.0619 e. The van der Waals surface area contributed by atoms with E-state index in [1.54, 1.807) is 0 Å². The molecular formula is C62H38N2. The first-order chi connectivity index (χ1) is 31.7. The minimum atomic E-state index is 1.14. The molecule has 2 heteroatoms. The Kier molecular flexibility index (Phi) is 7.43. The number of rotatable bonds is 5. The molecule has 0 radical (unpaired) electrons. The van der Waals surface area contributed by atoms with Gasteiger partial charge < -0.3 is 9.13 Å². The molecular weight excluding hydrogens is 773 g/mol. The van der Waals surface area contributed by atoms with E-state index in [1.807, 2.05) is 0 Å². The molecule has 1 aliphatic carbocycles. The van der Waals surface area contributed by atoms with Crippen LogP contribution in [0.2, 0.25) is 0 Å². The standard InChI is InChI=1S/C62H38N2/c1-2-16-47(17-3-1)64-59-34-28-45(37-57(59)55-33-25-40-11-4-5-18-49(40)62(55)64)46-27-32-52-51-19-6-7-22-58(51)63(60(52)38-46)48-29-23-39(24-30-48)42-14-8-15-43(35-42)44-26-31-50-53-20-9-12-41-13-10-21-54(61(41)53)56(50)36-44/h1-38H. The molecule has 0 aliphatic heterocycles. The molecule has 0 unspecified atom stereocenters. The van der Waals surface area contributed by atoms with Gasteiger partial charge in [-0.15, -0.1) is 0 Å². The summed E-state index contributed by atoms with van der Waals surface area (Å²) in [6.07, 6.45) is 0. The summed E-state index contributed by atoms with van der Waals surface area (Å²) < 4.78 is 4.87. The van der Waals surface area contributed by atoms with Crippen LogP contribution in [0.5, 0.6) is 0 Å². The van der Waals surface area contributed by atoms with Crippen LogP contribution in [0.25, 0.3) is 132 Å². The minimum absolute atomic E-state index is 1.14. The van der Waals surface area contributed by atoms with Crippen molar-refractivity contribution < 1.29 is 0 Å². The van der Waals surface area contributed by atoms with Crippen molar-refractivity contribution in [1.29, 1.82) is 0 Å². The van der Waals surface area contributed by atoms with Crippen LogP contribution in [0, 0.1) is 0 Å². The van der Waals surface area contributed by atoms with E-state index >= 15 is 0 Å². The molecule has 0 N–H and O–H groups in total. The van der Waals surface area contributed by atoms with Crippen LogP contribution in [0.3, 0.4) is 0 Å². The Hall–Kier alpha value is -8.46. The summed E-state index contributed by atoms with van der Waals surface area (Å²) in [5, 5.41) is 10.2. The molecule has 2 heterocycles. The van der Waals surface area contributed by atoms with Crippen LogP contribution in [0.4, 0.5) is 0 Å². The van der Waals surface area contributed by atoms with Crippen LogP contribution in [-0.2, 0) is 0 Å². The van der Waals surface area contributed by atoms with Crippen molar-refractivity contribution in [2.24, 2.45) is 0 Å². The second-order valence-corrected chi connectivity index (χ2v) is 17.3. The quantitative estimate of drug-likeness (QED) is 0.164. The van der Waals surface area contributed by atoms with Crippen molar-refractivity contribution >= 4 is 65.2 Å². The summed E-state index contributed by atoms with van der Waals surface area (Å²) >= 11 is 0. The first-order valence-corrected chi connectivity index (χ1v) is 22.2. The first kappa shape index (κ1) is 35.2. The Morgan fingerprint density at radius 1 is 0.234 bits per heavy atom. The normalized spacial score (nSPS) is 12.1. The lowest BCUT2D eigenvalue weighted by Gasteiger charge is -2.12. The molecule has 11 aromatic carbocycles. The summed E-state index contributed by atoms with van der Waals surface area (Å²) in [7, 11) is 0. The van der Waals surface area contributed by atoms with Gasteiger partial charge in [-0.25, -0.2) is 0 Å². The summed E-state index contributed by atoms with van der Waals surface area (Å²) in [4.78, 5) is 0. The first-order valence-electron chi connectivity index (χ1n) is 22.2. The van der Waals surface area contributed by atoms with Crippen LogP contribution in [-0.4, -0.2) is 9.13 Å². The van der Waals surface area contributed by atoms with Gasteiger partial charge in [0.25, 0.3) is 0 Å². The Morgan fingerprint density at radius 3 is 1.67 bits per heavy atom. The average molecular weight is 811 g/mol. The Morgan fingerprint density at radius 2 is 0.812 bits per heavy atom. The van der Waals surface area contributed by atoms with E-state index in [0.717, 1.165) is 5.69 Å². The van der Waals surface area contributed by atoms with Crippen molar-refractivity contribution in [2.75, 3.05) is 0 Å². The van der Waals surface area contributed by atoms with E-state index in [4.69, 9.17) is 0 Å². The van der Waals surface area contributed by atoms with Crippen molar-refractivity contribution in [3.8, 4) is 67.0 Å². The zero-order valence-corrected chi connectivity index (χ0v) is 34.8. The highest BCUT2D eigenvalue weighted by molar-refractivity contribution is 6.20. The van der Waals surface area contributed by atoms with E-state index in [1.165, 1.54) is 126 Å². The van der Waals surface area contributed by atoms with Crippen molar-refractivity contribution in [3.63, 3.8) is 0 Å². The van der Waals surface area contributed by atoms with Crippen molar-refractivity contribution in [3.05, 3.63) is 231 Å². The molecule has 0 bridgehead atoms. The second-order valence-electron chi connectivity index (χ2n) is 17.3. The Bertz CT molecular complexity index is 4050. The van der Waals surface area contributed by atoms with Crippen LogP contribution in [0.15, 0.2) is 231 Å². The molecule has 296 valence electrons. The molecule has 14 rings (SSSR count). The van der Waals surface area contributed by atoms with Crippen molar-refractivity contribution in [2.45, 2.75) is 0 Å². The number of nitrogens with zero attached hydrogens (tertiary/aromatic N) is 2. The molecule has 2 aromatic heterocycles. The van der Waals surface area contributed by atoms with E-state index in [0.29, 0.717) is 0 Å². The van der Waals surface area contributed by atoms with E-state index in [9.17, 15) is 0 Å². The molecule has 64 heavy (non-hydrogen) atoms. The fourth-order valence-electron chi connectivity index (χ4n) is 10.9. The molecule has 0 amide bonds. The SMILES string of the molecule is c1ccc(-n2c3ccc(-c4ccc5c6ccccc6n(-c6ccc(-c7cccc(-c8ccc9c(c8)-c8cccc%10cccc-9c8%10)c7)cc6)c5c4)cc3c3ccc4ccccc4c32)cc1. The molecule has 0 spiro atoms. The van der Waals surface area contributed by atoms with E-state index < -0.39 is 0 Å². The number of hydrogen-bond acceptors (Lipinski definition) is 0. The number of aromatic nitrogens is 2. The predicted molar refractivity (Wildman–Crippen MR) is 271 cm³/mol. The van der Waals surface area contributed by atoms with Crippen molar-refractivity contribution in [1.82, 2.24) is 9.13 Å². The zero-order valence-electron chi connectivity index (χ0n) is 34.8. The van der Waals surface area contributed by atoms with Gasteiger partial charge in [-0.2, -0.15) is 0 Å². The molecule has 0 saturated carbocycles. The lowest BCUT2D eigenvalue weighted by Crippen LogP contribution is -1.94. The summed E-state index contributed by atoms with van der Waals surface area (Å²) in [5.41, 5.74) is 19.7. The number of hydrogen-bond donors (Lipinski definition) is 0. The van der Waals surface area contributed by atoms with Gasteiger partial charge in [0.05, 0.1) is 22.1 Å².